The molecule has 0 bridgehead atoms. The van der Waals surface area contributed by atoms with Gasteiger partial charge in [-0.1, -0.05) is 62.4 Å². The molecule has 1 saturated heterocycles. The lowest BCUT2D eigenvalue weighted by molar-refractivity contribution is -0.126. The van der Waals surface area contributed by atoms with Gasteiger partial charge in [0.25, 0.3) is 0 Å². The topological polar surface area (TPSA) is 81.6 Å². The number of amides is 1. The van der Waals surface area contributed by atoms with Crippen molar-refractivity contribution in [2.45, 2.75) is 63.1 Å². The fraction of sp³-hybridized carbons (Fsp3) is 0.667. The predicted octanol–water partition coefficient (Wildman–Crippen LogP) is 2.15. The minimum absolute atomic E-state index is 0.112. The van der Waals surface area contributed by atoms with E-state index in [0.717, 1.165) is 25.3 Å². The first-order valence-corrected chi connectivity index (χ1v) is 10.1. The summed E-state index contributed by atoms with van der Waals surface area (Å²) in [5.74, 6) is 1.25. The van der Waals surface area contributed by atoms with Crippen LogP contribution >= 0.6 is 0 Å². The Bertz CT molecular complexity index is 560. The Kier molecular flexibility index (Phi) is 7.06. The van der Waals surface area contributed by atoms with E-state index in [1.54, 1.807) is 12.1 Å². The number of hydrogen-bond donors (Lipinski definition) is 4. The molecule has 1 aliphatic carbocycles. The van der Waals surface area contributed by atoms with Gasteiger partial charge in [-0.15, -0.1) is 0 Å². The average Bonchev–Trinajstić information content (AvgIpc) is 2.72. The number of nitrogens with one attached hydrogen (secondary N) is 2. The molecule has 1 aromatic carbocycles. The van der Waals surface area contributed by atoms with Crippen molar-refractivity contribution in [1.82, 2.24) is 10.6 Å². The van der Waals surface area contributed by atoms with Gasteiger partial charge in [0.15, 0.2) is 0 Å². The summed E-state index contributed by atoms with van der Waals surface area (Å²) < 4.78 is 0. The summed E-state index contributed by atoms with van der Waals surface area (Å²) in [5, 5.41) is 26.3. The van der Waals surface area contributed by atoms with Crippen molar-refractivity contribution in [1.29, 1.82) is 0 Å². The summed E-state index contributed by atoms with van der Waals surface area (Å²) in [5.41, 5.74) is 0.698. The highest BCUT2D eigenvalue weighted by atomic mass is 16.3. The van der Waals surface area contributed by atoms with Crippen LogP contribution in [0.3, 0.4) is 0 Å². The molecule has 1 heterocycles. The standard InChI is InChI=1S/C21H32N2O3/c24-14-19(20(25)16-9-5-2-6-10-16)23-21(26)18-13-17(11-12-22-18)15-7-3-1-4-8-15/h2,5-6,9-10,15,17-20,22,24-25H,1,3-4,7-8,11-14H2,(H,23,26)/t17-,18+,19+,20-/m1/s1. The molecule has 0 aromatic heterocycles. The van der Waals surface area contributed by atoms with Crippen LogP contribution in [0.25, 0.3) is 0 Å². The van der Waals surface area contributed by atoms with E-state index < -0.39 is 12.1 Å². The van der Waals surface area contributed by atoms with Gasteiger partial charge in [0, 0.05) is 0 Å². The van der Waals surface area contributed by atoms with Gasteiger partial charge < -0.3 is 20.8 Å². The molecule has 3 rings (SSSR count). The molecule has 1 amide bonds. The smallest absolute Gasteiger partial charge is 0.237 e. The van der Waals surface area contributed by atoms with Crippen molar-refractivity contribution in [2.75, 3.05) is 13.2 Å². The number of carbonyl (C=O) groups is 1. The minimum Gasteiger partial charge on any atom is -0.394 e. The average molecular weight is 360 g/mol. The van der Waals surface area contributed by atoms with Crippen molar-refractivity contribution >= 4 is 5.91 Å². The predicted molar refractivity (Wildman–Crippen MR) is 102 cm³/mol. The second-order valence-corrected chi connectivity index (χ2v) is 7.84. The SMILES string of the molecule is O=C(N[C@@H](CO)[C@H](O)c1ccccc1)[C@@H]1C[C@H](C2CCCCC2)CCN1. The van der Waals surface area contributed by atoms with Crippen molar-refractivity contribution in [3.63, 3.8) is 0 Å². The minimum atomic E-state index is -0.914. The maximum absolute atomic E-state index is 12.7. The van der Waals surface area contributed by atoms with E-state index in [1.165, 1.54) is 32.1 Å². The highest BCUT2D eigenvalue weighted by Crippen LogP contribution is 2.35. The zero-order valence-electron chi connectivity index (χ0n) is 15.4. The molecular formula is C21H32N2O3. The van der Waals surface area contributed by atoms with Crippen LogP contribution in [-0.4, -0.2) is 41.4 Å². The molecule has 144 valence electrons. The van der Waals surface area contributed by atoms with E-state index in [2.05, 4.69) is 10.6 Å². The van der Waals surface area contributed by atoms with Gasteiger partial charge in [-0.3, -0.25) is 4.79 Å². The monoisotopic (exact) mass is 360 g/mol. The zero-order chi connectivity index (χ0) is 18.4. The van der Waals surface area contributed by atoms with Gasteiger partial charge in [-0.25, -0.2) is 0 Å². The largest absolute Gasteiger partial charge is 0.394 e. The highest BCUT2D eigenvalue weighted by Gasteiger charge is 2.33. The molecule has 1 saturated carbocycles. The summed E-state index contributed by atoms with van der Waals surface area (Å²) >= 11 is 0. The molecular weight excluding hydrogens is 328 g/mol. The molecule has 5 heteroatoms. The van der Waals surface area contributed by atoms with E-state index in [0.29, 0.717) is 11.5 Å². The van der Waals surface area contributed by atoms with Gasteiger partial charge in [-0.2, -0.15) is 0 Å². The Morgan fingerprint density at radius 2 is 1.85 bits per heavy atom. The van der Waals surface area contributed by atoms with Gasteiger partial charge in [0.1, 0.15) is 6.10 Å². The maximum Gasteiger partial charge on any atom is 0.237 e. The van der Waals surface area contributed by atoms with Crippen molar-refractivity contribution in [2.24, 2.45) is 11.8 Å². The Hall–Kier alpha value is -1.43. The van der Waals surface area contributed by atoms with Gasteiger partial charge in [0.2, 0.25) is 5.91 Å². The first kappa shape index (κ1) is 19.3. The molecule has 1 aliphatic heterocycles. The third-order valence-electron chi connectivity index (χ3n) is 6.12. The van der Waals surface area contributed by atoms with Crippen LogP contribution in [0.15, 0.2) is 30.3 Å². The first-order chi connectivity index (χ1) is 12.7. The van der Waals surface area contributed by atoms with Crippen LogP contribution in [0.5, 0.6) is 0 Å². The lowest BCUT2D eigenvalue weighted by Crippen LogP contribution is -2.53. The Labute approximate surface area is 156 Å². The molecule has 2 aliphatic rings. The van der Waals surface area contributed by atoms with Crippen LogP contribution in [-0.2, 0) is 4.79 Å². The third-order valence-corrected chi connectivity index (χ3v) is 6.12. The number of piperidine rings is 1. The Morgan fingerprint density at radius 3 is 2.54 bits per heavy atom. The summed E-state index contributed by atoms with van der Waals surface area (Å²) in [7, 11) is 0. The highest BCUT2D eigenvalue weighted by molar-refractivity contribution is 5.82. The van der Waals surface area contributed by atoms with Crippen LogP contribution in [0.1, 0.15) is 56.6 Å². The number of carbonyl (C=O) groups excluding carboxylic acids is 1. The number of rotatable bonds is 6. The fourth-order valence-electron chi connectivity index (χ4n) is 4.57. The zero-order valence-corrected chi connectivity index (χ0v) is 15.4. The summed E-state index contributed by atoms with van der Waals surface area (Å²) in [6.45, 7) is 0.574. The molecule has 2 fully saturated rings. The molecule has 4 atom stereocenters. The van der Waals surface area contributed by atoms with E-state index >= 15 is 0 Å². The van der Waals surface area contributed by atoms with Crippen LogP contribution in [0, 0.1) is 11.8 Å². The van der Waals surface area contributed by atoms with Crippen molar-refractivity contribution in [3.05, 3.63) is 35.9 Å². The third kappa shape index (κ3) is 4.84. The van der Waals surface area contributed by atoms with E-state index in [1.807, 2.05) is 18.2 Å². The molecule has 5 nitrogen and oxygen atoms in total. The number of aliphatic hydroxyl groups is 2. The summed E-state index contributed by atoms with van der Waals surface area (Å²) in [6.07, 6.45) is 7.67. The van der Waals surface area contributed by atoms with Crippen molar-refractivity contribution < 1.29 is 15.0 Å². The van der Waals surface area contributed by atoms with Gasteiger partial charge in [0.05, 0.1) is 18.7 Å². The quantitative estimate of drug-likeness (QED) is 0.627. The van der Waals surface area contributed by atoms with Gasteiger partial charge >= 0.3 is 0 Å². The number of hydrogen-bond acceptors (Lipinski definition) is 4. The van der Waals surface area contributed by atoms with Crippen LogP contribution < -0.4 is 10.6 Å². The second-order valence-electron chi connectivity index (χ2n) is 7.84. The maximum atomic E-state index is 12.7. The van der Waals surface area contributed by atoms with E-state index in [9.17, 15) is 15.0 Å². The van der Waals surface area contributed by atoms with Crippen LogP contribution in [0.4, 0.5) is 0 Å². The van der Waals surface area contributed by atoms with Crippen molar-refractivity contribution in [3.8, 4) is 0 Å². The normalized spacial score (nSPS) is 26.8. The second kappa shape index (κ2) is 9.49. The first-order valence-electron chi connectivity index (χ1n) is 10.1. The molecule has 1 aromatic rings. The molecule has 0 spiro atoms. The summed E-state index contributed by atoms with van der Waals surface area (Å²) in [4.78, 5) is 12.7. The van der Waals surface area contributed by atoms with Gasteiger partial charge in [-0.05, 0) is 36.8 Å². The summed E-state index contributed by atoms with van der Waals surface area (Å²) in [6, 6.07) is 8.24. The van der Waals surface area contributed by atoms with E-state index in [4.69, 9.17) is 0 Å². The van der Waals surface area contributed by atoms with Crippen LogP contribution in [0.2, 0.25) is 0 Å². The fourth-order valence-corrected chi connectivity index (χ4v) is 4.57. The van der Waals surface area contributed by atoms with E-state index in [-0.39, 0.29) is 18.6 Å². The lowest BCUT2D eigenvalue weighted by atomic mass is 9.74. The Balaban J connectivity index is 1.57. The number of aliphatic hydroxyl groups excluding tert-OH is 2. The lowest BCUT2D eigenvalue weighted by Gasteiger charge is -2.37. The molecule has 26 heavy (non-hydrogen) atoms. The Morgan fingerprint density at radius 1 is 1.12 bits per heavy atom. The number of benzene rings is 1. The molecule has 0 radical (unpaired) electrons. The molecule has 4 N–H and O–H groups in total. The molecule has 0 unspecified atom stereocenters.